The van der Waals surface area contributed by atoms with Crippen LogP contribution in [0.15, 0.2) is 0 Å². The van der Waals surface area contributed by atoms with Crippen LogP contribution in [0.25, 0.3) is 0 Å². The van der Waals surface area contributed by atoms with Gasteiger partial charge in [0, 0.05) is 0 Å². The van der Waals surface area contributed by atoms with E-state index in [1.807, 2.05) is 0 Å². The lowest BCUT2D eigenvalue weighted by Gasteiger charge is -2.07. The Morgan fingerprint density at radius 3 is 2.44 bits per heavy atom. The SMILES string of the molecule is C[C](OCO)OCCO. The van der Waals surface area contributed by atoms with Crippen LogP contribution in [-0.4, -0.2) is 30.2 Å². The molecule has 0 aromatic carbocycles. The molecule has 9 heavy (non-hydrogen) atoms. The summed E-state index contributed by atoms with van der Waals surface area (Å²) in [6, 6.07) is 0. The maximum Gasteiger partial charge on any atom is 0.222 e. The Kier molecular flexibility index (Phi) is 5.86. The largest absolute Gasteiger partial charge is 0.394 e. The predicted molar refractivity (Wildman–Crippen MR) is 30.1 cm³/mol. The summed E-state index contributed by atoms with van der Waals surface area (Å²) in [6.07, 6.45) is 0.270. The Hall–Kier alpha value is -0.160. The van der Waals surface area contributed by atoms with Gasteiger partial charge in [-0.05, 0) is 6.92 Å². The van der Waals surface area contributed by atoms with Crippen LogP contribution in [0.5, 0.6) is 0 Å². The standard InChI is InChI=1S/C5H11O4/c1-5(9-4-7)8-3-2-6/h6-7H,2-4H2,1H3. The second-order valence-electron chi connectivity index (χ2n) is 1.34. The van der Waals surface area contributed by atoms with Crippen molar-refractivity contribution in [2.75, 3.05) is 20.0 Å². The third-order valence-electron chi connectivity index (χ3n) is 0.664. The molecule has 0 spiro atoms. The highest BCUT2D eigenvalue weighted by atomic mass is 16.7. The van der Waals surface area contributed by atoms with Crippen molar-refractivity contribution in [2.45, 2.75) is 6.92 Å². The third-order valence-corrected chi connectivity index (χ3v) is 0.664. The van der Waals surface area contributed by atoms with Crippen molar-refractivity contribution in [3.8, 4) is 0 Å². The predicted octanol–water partition coefficient (Wildman–Crippen LogP) is -0.529. The average molecular weight is 135 g/mol. The van der Waals surface area contributed by atoms with E-state index in [4.69, 9.17) is 14.9 Å². The lowest BCUT2D eigenvalue weighted by Crippen LogP contribution is -2.07. The van der Waals surface area contributed by atoms with E-state index < -0.39 is 6.79 Å². The Morgan fingerprint density at radius 1 is 1.33 bits per heavy atom. The number of hydrogen-bond acceptors (Lipinski definition) is 4. The van der Waals surface area contributed by atoms with Crippen molar-refractivity contribution in [2.24, 2.45) is 0 Å². The zero-order chi connectivity index (χ0) is 7.11. The van der Waals surface area contributed by atoms with Gasteiger partial charge in [0.2, 0.25) is 6.29 Å². The summed E-state index contributed by atoms with van der Waals surface area (Å²) >= 11 is 0. The second-order valence-corrected chi connectivity index (χ2v) is 1.34. The summed E-state index contributed by atoms with van der Waals surface area (Å²) in [5.74, 6) is 0. The van der Waals surface area contributed by atoms with Crippen LogP contribution >= 0.6 is 0 Å². The molecule has 0 bridgehead atoms. The summed E-state index contributed by atoms with van der Waals surface area (Å²) in [5.41, 5.74) is 0. The van der Waals surface area contributed by atoms with Crippen molar-refractivity contribution in [3.63, 3.8) is 0 Å². The zero-order valence-electron chi connectivity index (χ0n) is 5.33. The number of aliphatic hydroxyl groups is 2. The van der Waals surface area contributed by atoms with E-state index in [2.05, 4.69) is 4.74 Å². The molecule has 0 rings (SSSR count). The molecule has 0 amide bonds. The van der Waals surface area contributed by atoms with E-state index in [-0.39, 0.29) is 19.5 Å². The van der Waals surface area contributed by atoms with Crippen LogP contribution in [0.3, 0.4) is 0 Å². The van der Waals surface area contributed by atoms with Gasteiger partial charge in [-0.3, -0.25) is 0 Å². The monoisotopic (exact) mass is 135 g/mol. The quantitative estimate of drug-likeness (QED) is 0.497. The minimum absolute atomic E-state index is 0.0495. The van der Waals surface area contributed by atoms with Gasteiger partial charge in [-0.2, -0.15) is 0 Å². The molecular weight excluding hydrogens is 124 g/mol. The summed E-state index contributed by atoms with van der Waals surface area (Å²) < 4.78 is 9.20. The van der Waals surface area contributed by atoms with Crippen LogP contribution in [0.4, 0.5) is 0 Å². The first-order chi connectivity index (χ1) is 4.31. The second kappa shape index (κ2) is 5.97. The van der Waals surface area contributed by atoms with Gasteiger partial charge in [0.15, 0.2) is 0 Å². The smallest absolute Gasteiger partial charge is 0.222 e. The molecule has 0 fully saturated rings. The van der Waals surface area contributed by atoms with E-state index in [0.717, 1.165) is 0 Å². The first kappa shape index (κ1) is 8.84. The van der Waals surface area contributed by atoms with Crippen molar-refractivity contribution >= 4 is 0 Å². The normalized spacial score (nSPS) is 10.7. The molecule has 0 atom stereocenters. The number of hydrogen-bond donors (Lipinski definition) is 2. The topological polar surface area (TPSA) is 58.9 Å². The van der Waals surface area contributed by atoms with Crippen LogP contribution in [0.1, 0.15) is 6.92 Å². The molecule has 2 N–H and O–H groups in total. The van der Waals surface area contributed by atoms with Crippen LogP contribution in [0.2, 0.25) is 0 Å². The Labute approximate surface area is 54.0 Å². The van der Waals surface area contributed by atoms with Crippen LogP contribution in [-0.2, 0) is 9.47 Å². The van der Waals surface area contributed by atoms with Crippen molar-refractivity contribution < 1.29 is 19.7 Å². The lowest BCUT2D eigenvalue weighted by molar-refractivity contribution is -0.0977. The van der Waals surface area contributed by atoms with Gasteiger partial charge in [0.05, 0.1) is 13.2 Å². The molecular formula is C5H11O4. The highest BCUT2D eigenvalue weighted by Gasteiger charge is 2.00. The summed E-state index contributed by atoms with van der Waals surface area (Å²) in [4.78, 5) is 0. The van der Waals surface area contributed by atoms with Crippen molar-refractivity contribution in [1.82, 2.24) is 0 Å². The lowest BCUT2D eigenvalue weighted by atomic mass is 10.7. The van der Waals surface area contributed by atoms with E-state index in [1.165, 1.54) is 0 Å². The fraction of sp³-hybridized carbons (Fsp3) is 0.800. The van der Waals surface area contributed by atoms with Crippen LogP contribution in [0, 0.1) is 6.29 Å². The fourth-order valence-electron chi connectivity index (χ4n) is 0.322. The molecule has 0 aliphatic carbocycles. The first-order valence-electron chi connectivity index (χ1n) is 2.62. The van der Waals surface area contributed by atoms with E-state index in [0.29, 0.717) is 0 Å². The molecule has 0 saturated carbocycles. The van der Waals surface area contributed by atoms with E-state index in [1.54, 1.807) is 6.92 Å². The van der Waals surface area contributed by atoms with E-state index >= 15 is 0 Å². The van der Waals surface area contributed by atoms with Crippen molar-refractivity contribution in [3.05, 3.63) is 6.29 Å². The molecule has 0 aromatic heterocycles. The number of ether oxygens (including phenoxy) is 2. The third kappa shape index (κ3) is 5.72. The Balaban J connectivity index is 2.95. The van der Waals surface area contributed by atoms with Gasteiger partial charge >= 0.3 is 0 Å². The minimum Gasteiger partial charge on any atom is -0.394 e. The molecule has 0 aliphatic rings. The average Bonchev–Trinajstić information content (AvgIpc) is 1.85. The van der Waals surface area contributed by atoms with Gasteiger partial charge in [-0.15, -0.1) is 0 Å². The fourth-order valence-corrected chi connectivity index (χ4v) is 0.322. The number of aliphatic hydroxyl groups excluding tert-OH is 2. The summed E-state index contributed by atoms with van der Waals surface area (Å²) in [7, 11) is 0. The van der Waals surface area contributed by atoms with Crippen molar-refractivity contribution in [1.29, 1.82) is 0 Å². The van der Waals surface area contributed by atoms with E-state index in [9.17, 15) is 0 Å². The molecule has 1 radical (unpaired) electrons. The Bertz CT molecular complexity index is 56.9. The molecule has 0 saturated heterocycles. The first-order valence-corrected chi connectivity index (χ1v) is 2.62. The highest BCUT2D eigenvalue weighted by molar-refractivity contribution is 4.51. The van der Waals surface area contributed by atoms with Gasteiger partial charge < -0.3 is 19.7 Å². The molecule has 4 nitrogen and oxygen atoms in total. The van der Waals surface area contributed by atoms with Gasteiger partial charge in [-0.25, -0.2) is 0 Å². The van der Waals surface area contributed by atoms with Gasteiger partial charge in [0.25, 0.3) is 0 Å². The minimum atomic E-state index is -0.392. The molecule has 0 unspecified atom stereocenters. The molecule has 55 valence electrons. The molecule has 0 aromatic rings. The molecule has 4 heteroatoms. The van der Waals surface area contributed by atoms with Gasteiger partial charge in [0.1, 0.15) is 6.79 Å². The Morgan fingerprint density at radius 2 is 2.00 bits per heavy atom. The number of rotatable bonds is 5. The maximum atomic E-state index is 8.23. The zero-order valence-corrected chi connectivity index (χ0v) is 5.33. The summed E-state index contributed by atoms with van der Waals surface area (Å²) in [5, 5.41) is 16.4. The maximum absolute atomic E-state index is 8.23. The summed E-state index contributed by atoms with van der Waals surface area (Å²) in [6.45, 7) is 1.32. The van der Waals surface area contributed by atoms with Crippen LogP contribution < -0.4 is 0 Å². The highest BCUT2D eigenvalue weighted by Crippen LogP contribution is 1.99. The molecule has 0 heterocycles. The molecule has 0 aliphatic heterocycles. The van der Waals surface area contributed by atoms with Gasteiger partial charge in [-0.1, -0.05) is 0 Å².